The van der Waals surface area contributed by atoms with Crippen molar-refractivity contribution in [1.82, 2.24) is 5.32 Å². The molecule has 1 rings (SSSR count). The standard InChI is InChI=1S/C14H23N3O/c1-3-14(16,4-2)9-10-17-13(18)11-5-7-12(15)8-6-11/h5-8H,3-4,9-10,15-16H2,1-2H3,(H,17,18). The fraction of sp³-hybridized carbons (Fsp3) is 0.500. The van der Waals surface area contributed by atoms with Crippen molar-refractivity contribution in [2.75, 3.05) is 12.3 Å². The molecule has 0 bridgehead atoms. The summed E-state index contributed by atoms with van der Waals surface area (Å²) in [7, 11) is 0. The summed E-state index contributed by atoms with van der Waals surface area (Å²) in [6.07, 6.45) is 2.63. The highest BCUT2D eigenvalue weighted by Crippen LogP contribution is 2.15. The molecule has 0 aliphatic rings. The van der Waals surface area contributed by atoms with Gasteiger partial charge in [0.1, 0.15) is 0 Å². The molecule has 0 saturated carbocycles. The Hall–Kier alpha value is -1.55. The van der Waals surface area contributed by atoms with Gasteiger partial charge < -0.3 is 16.8 Å². The van der Waals surface area contributed by atoms with Crippen molar-refractivity contribution < 1.29 is 4.79 Å². The van der Waals surface area contributed by atoms with E-state index in [1.807, 2.05) is 0 Å². The van der Waals surface area contributed by atoms with Crippen LogP contribution in [0.2, 0.25) is 0 Å². The Morgan fingerprint density at radius 1 is 1.22 bits per heavy atom. The van der Waals surface area contributed by atoms with Gasteiger partial charge in [0.05, 0.1) is 0 Å². The van der Waals surface area contributed by atoms with Gasteiger partial charge in [-0.1, -0.05) is 13.8 Å². The summed E-state index contributed by atoms with van der Waals surface area (Å²) in [5, 5.41) is 2.88. The van der Waals surface area contributed by atoms with Gasteiger partial charge in [-0.3, -0.25) is 4.79 Å². The molecule has 4 heteroatoms. The number of anilines is 1. The number of hydrogen-bond acceptors (Lipinski definition) is 3. The van der Waals surface area contributed by atoms with E-state index in [2.05, 4.69) is 19.2 Å². The number of nitrogens with two attached hydrogens (primary N) is 2. The molecule has 0 saturated heterocycles. The van der Waals surface area contributed by atoms with Crippen LogP contribution < -0.4 is 16.8 Å². The zero-order valence-corrected chi connectivity index (χ0v) is 11.2. The van der Waals surface area contributed by atoms with E-state index < -0.39 is 0 Å². The lowest BCUT2D eigenvalue weighted by Crippen LogP contribution is -2.42. The molecule has 18 heavy (non-hydrogen) atoms. The maximum absolute atomic E-state index is 11.8. The van der Waals surface area contributed by atoms with Gasteiger partial charge in [-0.2, -0.15) is 0 Å². The van der Waals surface area contributed by atoms with Gasteiger partial charge in [0.15, 0.2) is 0 Å². The molecular weight excluding hydrogens is 226 g/mol. The van der Waals surface area contributed by atoms with Gasteiger partial charge in [0, 0.05) is 23.3 Å². The normalized spacial score (nSPS) is 11.3. The van der Waals surface area contributed by atoms with E-state index >= 15 is 0 Å². The average Bonchev–Trinajstić information content (AvgIpc) is 2.39. The molecule has 0 aromatic heterocycles. The fourth-order valence-corrected chi connectivity index (χ4v) is 1.77. The van der Waals surface area contributed by atoms with Crippen LogP contribution >= 0.6 is 0 Å². The summed E-state index contributed by atoms with van der Waals surface area (Å²) in [5.74, 6) is -0.0791. The summed E-state index contributed by atoms with van der Waals surface area (Å²) in [6, 6.07) is 6.89. The zero-order chi connectivity index (χ0) is 13.6. The molecule has 1 aromatic rings. The third-order valence-corrected chi connectivity index (χ3v) is 3.49. The molecule has 1 aromatic carbocycles. The first-order valence-corrected chi connectivity index (χ1v) is 6.43. The largest absolute Gasteiger partial charge is 0.399 e. The van der Waals surface area contributed by atoms with Crippen molar-refractivity contribution in [3.63, 3.8) is 0 Å². The van der Waals surface area contributed by atoms with Crippen LogP contribution in [0.5, 0.6) is 0 Å². The Morgan fingerprint density at radius 3 is 2.28 bits per heavy atom. The molecule has 1 amide bonds. The van der Waals surface area contributed by atoms with Crippen LogP contribution in [-0.4, -0.2) is 18.0 Å². The van der Waals surface area contributed by atoms with Crippen LogP contribution in [0.25, 0.3) is 0 Å². The fourth-order valence-electron chi connectivity index (χ4n) is 1.77. The van der Waals surface area contributed by atoms with Gasteiger partial charge in [0.25, 0.3) is 5.91 Å². The van der Waals surface area contributed by atoms with E-state index in [1.54, 1.807) is 24.3 Å². The zero-order valence-electron chi connectivity index (χ0n) is 11.2. The molecule has 0 aliphatic carbocycles. The van der Waals surface area contributed by atoms with Gasteiger partial charge in [-0.05, 0) is 43.5 Å². The predicted octanol–water partition coefficient (Wildman–Crippen LogP) is 1.91. The molecule has 5 N–H and O–H groups in total. The van der Waals surface area contributed by atoms with Gasteiger partial charge in [-0.25, -0.2) is 0 Å². The van der Waals surface area contributed by atoms with Crippen molar-refractivity contribution >= 4 is 11.6 Å². The van der Waals surface area contributed by atoms with Crippen LogP contribution in [0.1, 0.15) is 43.5 Å². The number of carbonyl (C=O) groups excluding carboxylic acids is 1. The number of benzene rings is 1. The first-order valence-electron chi connectivity index (χ1n) is 6.43. The Bertz CT molecular complexity index is 383. The average molecular weight is 249 g/mol. The highest BCUT2D eigenvalue weighted by atomic mass is 16.1. The van der Waals surface area contributed by atoms with Crippen molar-refractivity contribution in [2.45, 2.75) is 38.6 Å². The monoisotopic (exact) mass is 249 g/mol. The molecule has 0 atom stereocenters. The minimum atomic E-state index is -0.172. The summed E-state index contributed by atoms with van der Waals surface area (Å²) in [5.41, 5.74) is 12.9. The quantitative estimate of drug-likeness (QED) is 0.674. The van der Waals surface area contributed by atoms with Gasteiger partial charge >= 0.3 is 0 Å². The number of nitrogen functional groups attached to an aromatic ring is 1. The van der Waals surface area contributed by atoms with Crippen LogP contribution in [0.4, 0.5) is 5.69 Å². The lowest BCUT2D eigenvalue weighted by atomic mass is 9.90. The number of hydrogen-bond donors (Lipinski definition) is 3. The second kappa shape index (κ2) is 6.40. The van der Waals surface area contributed by atoms with Crippen LogP contribution in [0.15, 0.2) is 24.3 Å². The van der Waals surface area contributed by atoms with Gasteiger partial charge in [0.2, 0.25) is 0 Å². The van der Waals surface area contributed by atoms with Crippen molar-refractivity contribution in [3.05, 3.63) is 29.8 Å². The lowest BCUT2D eigenvalue weighted by molar-refractivity contribution is 0.0950. The van der Waals surface area contributed by atoms with Crippen molar-refractivity contribution in [2.24, 2.45) is 5.73 Å². The molecule has 0 radical (unpaired) electrons. The van der Waals surface area contributed by atoms with Crippen LogP contribution in [0.3, 0.4) is 0 Å². The van der Waals surface area contributed by atoms with E-state index in [-0.39, 0.29) is 11.4 Å². The Balaban J connectivity index is 2.44. The Morgan fingerprint density at radius 2 is 1.78 bits per heavy atom. The highest BCUT2D eigenvalue weighted by molar-refractivity contribution is 5.94. The summed E-state index contributed by atoms with van der Waals surface area (Å²) >= 11 is 0. The SMILES string of the molecule is CCC(N)(CC)CCNC(=O)c1ccc(N)cc1. The minimum absolute atomic E-state index is 0.0791. The highest BCUT2D eigenvalue weighted by Gasteiger charge is 2.19. The smallest absolute Gasteiger partial charge is 0.251 e. The molecule has 4 nitrogen and oxygen atoms in total. The molecule has 0 aliphatic heterocycles. The Kier molecular flexibility index (Phi) is 5.16. The van der Waals surface area contributed by atoms with Gasteiger partial charge in [-0.15, -0.1) is 0 Å². The number of nitrogens with one attached hydrogen (secondary N) is 1. The second-order valence-electron chi connectivity index (χ2n) is 4.70. The van der Waals surface area contributed by atoms with E-state index in [0.29, 0.717) is 17.8 Å². The van der Waals surface area contributed by atoms with Crippen LogP contribution in [-0.2, 0) is 0 Å². The van der Waals surface area contributed by atoms with E-state index in [1.165, 1.54) is 0 Å². The topological polar surface area (TPSA) is 81.1 Å². The number of rotatable bonds is 6. The van der Waals surface area contributed by atoms with Crippen LogP contribution in [0, 0.1) is 0 Å². The molecule has 0 heterocycles. The Labute approximate surface area is 109 Å². The van der Waals surface area contributed by atoms with Crippen molar-refractivity contribution in [1.29, 1.82) is 0 Å². The molecular formula is C14H23N3O. The summed E-state index contributed by atoms with van der Waals surface area (Å²) in [6.45, 7) is 4.75. The molecule has 0 fully saturated rings. The first kappa shape index (κ1) is 14.5. The third-order valence-electron chi connectivity index (χ3n) is 3.49. The third kappa shape index (κ3) is 4.04. The predicted molar refractivity (Wildman–Crippen MR) is 75.3 cm³/mol. The lowest BCUT2D eigenvalue weighted by Gasteiger charge is -2.26. The number of carbonyl (C=O) groups is 1. The second-order valence-corrected chi connectivity index (χ2v) is 4.70. The molecule has 0 spiro atoms. The maximum atomic E-state index is 11.8. The van der Waals surface area contributed by atoms with Crippen molar-refractivity contribution in [3.8, 4) is 0 Å². The molecule has 0 unspecified atom stereocenters. The molecule has 100 valence electrons. The number of amides is 1. The minimum Gasteiger partial charge on any atom is -0.399 e. The van der Waals surface area contributed by atoms with E-state index in [0.717, 1.165) is 19.3 Å². The van der Waals surface area contributed by atoms with E-state index in [9.17, 15) is 4.79 Å². The maximum Gasteiger partial charge on any atom is 0.251 e. The summed E-state index contributed by atoms with van der Waals surface area (Å²) < 4.78 is 0. The first-order chi connectivity index (χ1) is 8.50. The van der Waals surface area contributed by atoms with E-state index in [4.69, 9.17) is 11.5 Å². The summed E-state index contributed by atoms with van der Waals surface area (Å²) in [4.78, 5) is 11.8.